The Bertz CT molecular complexity index is 601. The Morgan fingerprint density at radius 1 is 1.08 bits per heavy atom. The largest absolute Gasteiger partial charge is 0.504 e. The Morgan fingerprint density at radius 2 is 1.79 bits per heavy atom. The van der Waals surface area contributed by atoms with Crippen LogP contribution in [0.1, 0.15) is 31.2 Å². The molecule has 0 aromatic heterocycles. The standard InChI is InChI=1S/C19H26N2O3/c22-17-5-3-15(13-18(17)23)4-6-19(24)21-11-7-16(8-12-21)14-20-9-1-2-10-20/h3-6,13,16,22-23H,1-2,7-12,14H2/b6-4+. The highest BCUT2D eigenvalue weighted by Gasteiger charge is 2.24. The molecule has 2 aliphatic rings. The van der Waals surface area contributed by atoms with Crippen molar-refractivity contribution in [3.05, 3.63) is 29.8 Å². The van der Waals surface area contributed by atoms with Gasteiger partial charge in [-0.1, -0.05) is 6.07 Å². The van der Waals surface area contributed by atoms with Gasteiger partial charge in [0, 0.05) is 25.7 Å². The zero-order valence-corrected chi connectivity index (χ0v) is 14.0. The lowest BCUT2D eigenvalue weighted by Gasteiger charge is -2.33. The molecule has 1 aromatic carbocycles. The molecule has 2 aliphatic heterocycles. The fourth-order valence-electron chi connectivity index (χ4n) is 3.58. The zero-order chi connectivity index (χ0) is 16.9. The molecule has 0 saturated carbocycles. The second-order valence-electron chi connectivity index (χ2n) is 6.86. The maximum atomic E-state index is 12.3. The lowest BCUT2D eigenvalue weighted by molar-refractivity contribution is -0.127. The summed E-state index contributed by atoms with van der Waals surface area (Å²) in [5.41, 5.74) is 0.697. The van der Waals surface area contributed by atoms with Crippen LogP contribution in [0.4, 0.5) is 0 Å². The third-order valence-electron chi connectivity index (χ3n) is 5.06. The highest BCUT2D eigenvalue weighted by atomic mass is 16.3. The molecule has 1 amide bonds. The van der Waals surface area contributed by atoms with Crippen LogP contribution in [-0.4, -0.2) is 58.6 Å². The van der Waals surface area contributed by atoms with Crippen molar-refractivity contribution in [2.24, 2.45) is 5.92 Å². The smallest absolute Gasteiger partial charge is 0.246 e. The molecule has 0 bridgehead atoms. The third kappa shape index (κ3) is 4.29. The quantitative estimate of drug-likeness (QED) is 0.657. The molecule has 2 saturated heterocycles. The first kappa shape index (κ1) is 16.8. The van der Waals surface area contributed by atoms with Crippen LogP contribution >= 0.6 is 0 Å². The van der Waals surface area contributed by atoms with Crippen molar-refractivity contribution in [3.8, 4) is 11.5 Å². The van der Waals surface area contributed by atoms with Crippen LogP contribution in [-0.2, 0) is 4.79 Å². The molecule has 0 aliphatic carbocycles. The number of rotatable bonds is 4. The molecule has 0 spiro atoms. The molecule has 1 aromatic rings. The fraction of sp³-hybridized carbons (Fsp3) is 0.526. The molecule has 5 heteroatoms. The third-order valence-corrected chi connectivity index (χ3v) is 5.06. The maximum Gasteiger partial charge on any atom is 0.246 e. The van der Waals surface area contributed by atoms with Crippen molar-refractivity contribution in [1.29, 1.82) is 0 Å². The van der Waals surface area contributed by atoms with Crippen molar-refractivity contribution in [1.82, 2.24) is 9.80 Å². The average Bonchev–Trinajstić information content (AvgIpc) is 3.09. The van der Waals surface area contributed by atoms with Gasteiger partial charge in [-0.2, -0.15) is 0 Å². The summed E-state index contributed by atoms with van der Waals surface area (Å²) in [5.74, 6) is 0.401. The van der Waals surface area contributed by atoms with Gasteiger partial charge in [0.1, 0.15) is 0 Å². The number of nitrogens with zero attached hydrogens (tertiary/aromatic N) is 2. The second-order valence-corrected chi connectivity index (χ2v) is 6.86. The maximum absolute atomic E-state index is 12.3. The molecule has 2 fully saturated rings. The molecular weight excluding hydrogens is 304 g/mol. The van der Waals surface area contributed by atoms with E-state index in [4.69, 9.17) is 0 Å². The van der Waals surface area contributed by atoms with Gasteiger partial charge < -0.3 is 20.0 Å². The van der Waals surface area contributed by atoms with E-state index >= 15 is 0 Å². The van der Waals surface area contributed by atoms with E-state index in [1.807, 2.05) is 4.90 Å². The molecule has 3 rings (SSSR count). The topological polar surface area (TPSA) is 64.0 Å². The van der Waals surface area contributed by atoms with Gasteiger partial charge in [-0.3, -0.25) is 4.79 Å². The summed E-state index contributed by atoms with van der Waals surface area (Å²) in [7, 11) is 0. The molecule has 130 valence electrons. The zero-order valence-electron chi connectivity index (χ0n) is 14.0. The van der Waals surface area contributed by atoms with Crippen LogP contribution in [0.3, 0.4) is 0 Å². The van der Waals surface area contributed by atoms with Crippen molar-refractivity contribution in [3.63, 3.8) is 0 Å². The van der Waals surface area contributed by atoms with Gasteiger partial charge in [0.05, 0.1) is 0 Å². The minimum Gasteiger partial charge on any atom is -0.504 e. The minimum absolute atomic E-state index is 0.0159. The van der Waals surface area contributed by atoms with E-state index in [-0.39, 0.29) is 17.4 Å². The molecule has 0 atom stereocenters. The number of carbonyl (C=O) groups is 1. The number of carbonyl (C=O) groups excluding carboxylic acids is 1. The lowest BCUT2D eigenvalue weighted by atomic mass is 9.96. The van der Waals surface area contributed by atoms with E-state index in [1.165, 1.54) is 44.6 Å². The van der Waals surface area contributed by atoms with Crippen molar-refractivity contribution in [2.45, 2.75) is 25.7 Å². The SMILES string of the molecule is O=C(/C=C/c1ccc(O)c(O)c1)N1CCC(CN2CCCC2)CC1. The number of piperidine rings is 1. The Hall–Kier alpha value is -2.01. The number of hydrogen-bond acceptors (Lipinski definition) is 4. The molecule has 0 unspecified atom stereocenters. The van der Waals surface area contributed by atoms with Gasteiger partial charge in [0.25, 0.3) is 0 Å². The molecule has 24 heavy (non-hydrogen) atoms. The summed E-state index contributed by atoms with van der Waals surface area (Å²) in [6, 6.07) is 4.53. The second kappa shape index (κ2) is 7.71. The normalized spacial score (nSPS) is 20.1. The number of phenols is 2. The predicted molar refractivity (Wildman–Crippen MR) is 93.8 cm³/mol. The molecule has 2 heterocycles. The van der Waals surface area contributed by atoms with E-state index in [0.717, 1.165) is 25.9 Å². The van der Waals surface area contributed by atoms with E-state index < -0.39 is 0 Å². The van der Waals surface area contributed by atoms with E-state index in [0.29, 0.717) is 11.5 Å². The number of aromatic hydroxyl groups is 2. The molecule has 2 N–H and O–H groups in total. The van der Waals surface area contributed by atoms with E-state index in [9.17, 15) is 15.0 Å². The highest BCUT2D eigenvalue weighted by Crippen LogP contribution is 2.25. The Morgan fingerprint density at radius 3 is 2.46 bits per heavy atom. The highest BCUT2D eigenvalue weighted by molar-refractivity contribution is 5.91. The number of benzene rings is 1. The number of likely N-dealkylation sites (tertiary alicyclic amines) is 2. The molecule has 5 nitrogen and oxygen atoms in total. The predicted octanol–water partition coefficient (Wildman–Crippen LogP) is 2.45. The molecule has 0 radical (unpaired) electrons. The van der Waals surface area contributed by atoms with E-state index in [2.05, 4.69) is 4.90 Å². The summed E-state index contributed by atoms with van der Waals surface area (Å²) in [4.78, 5) is 16.7. The van der Waals surface area contributed by atoms with Crippen molar-refractivity contribution < 1.29 is 15.0 Å². The van der Waals surface area contributed by atoms with Crippen LogP contribution in [0.25, 0.3) is 6.08 Å². The van der Waals surface area contributed by atoms with Crippen molar-refractivity contribution >= 4 is 12.0 Å². The number of amides is 1. The summed E-state index contributed by atoms with van der Waals surface area (Å²) in [6.45, 7) is 5.30. The summed E-state index contributed by atoms with van der Waals surface area (Å²) in [5, 5.41) is 18.8. The Labute approximate surface area is 143 Å². The van der Waals surface area contributed by atoms with Crippen LogP contribution in [0.15, 0.2) is 24.3 Å². The average molecular weight is 330 g/mol. The summed E-state index contributed by atoms with van der Waals surface area (Å²) >= 11 is 0. The number of hydrogen-bond donors (Lipinski definition) is 2. The van der Waals surface area contributed by atoms with Gasteiger partial charge >= 0.3 is 0 Å². The van der Waals surface area contributed by atoms with E-state index in [1.54, 1.807) is 18.2 Å². The van der Waals surface area contributed by atoms with Crippen LogP contribution in [0.5, 0.6) is 11.5 Å². The van der Waals surface area contributed by atoms with Crippen LogP contribution < -0.4 is 0 Å². The summed E-state index contributed by atoms with van der Waals surface area (Å²) in [6.07, 6.45) is 8.04. The first-order chi connectivity index (χ1) is 11.6. The minimum atomic E-state index is -0.174. The first-order valence-electron chi connectivity index (χ1n) is 8.83. The van der Waals surface area contributed by atoms with Gasteiger partial charge in [-0.05, 0) is 68.5 Å². The van der Waals surface area contributed by atoms with Gasteiger partial charge in [0.15, 0.2) is 11.5 Å². The first-order valence-corrected chi connectivity index (χ1v) is 8.83. The Balaban J connectivity index is 1.47. The number of phenolic OH excluding ortho intramolecular Hbond substituents is 2. The van der Waals surface area contributed by atoms with Gasteiger partial charge in [0.2, 0.25) is 5.91 Å². The van der Waals surface area contributed by atoms with Crippen LogP contribution in [0, 0.1) is 5.92 Å². The van der Waals surface area contributed by atoms with Gasteiger partial charge in [-0.25, -0.2) is 0 Å². The molecular formula is C19H26N2O3. The fourth-order valence-corrected chi connectivity index (χ4v) is 3.58. The van der Waals surface area contributed by atoms with Gasteiger partial charge in [-0.15, -0.1) is 0 Å². The van der Waals surface area contributed by atoms with Crippen molar-refractivity contribution in [2.75, 3.05) is 32.7 Å². The Kier molecular flexibility index (Phi) is 5.41. The lowest BCUT2D eigenvalue weighted by Crippen LogP contribution is -2.40. The summed E-state index contributed by atoms with van der Waals surface area (Å²) < 4.78 is 0. The monoisotopic (exact) mass is 330 g/mol. The van der Waals surface area contributed by atoms with Crippen LogP contribution in [0.2, 0.25) is 0 Å².